The van der Waals surface area contributed by atoms with E-state index in [0.717, 1.165) is 6.07 Å². The molecule has 0 saturated carbocycles. The van der Waals surface area contributed by atoms with Crippen LogP contribution in [0.15, 0.2) is 66.7 Å². The van der Waals surface area contributed by atoms with E-state index in [1.807, 2.05) is 0 Å². The lowest BCUT2D eigenvalue weighted by Gasteiger charge is -2.15. The molecule has 0 bridgehead atoms. The number of aliphatic carboxylic acids is 1. The first-order valence-corrected chi connectivity index (χ1v) is 13.1. The largest absolute Gasteiger partial charge is 0.481 e. The van der Waals surface area contributed by atoms with Gasteiger partial charge in [0.05, 0.1) is 18.2 Å². The fraction of sp³-hybridized carbons (Fsp3) is 0.115. The second kappa shape index (κ2) is 12.0. The number of hydrogen-bond acceptors (Lipinski definition) is 8. The molecule has 0 heterocycles. The van der Waals surface area contributed by atoms with Crippen molar-refractivity contribution in [3.63, 3.8) is 0 Å². The lowest BCUT2D eigenvalue weighted by molar-refractivity contribution is -0.136. The van der Waals surface area contributed by atoms with Gasteiger partial charge in [-0.05, 0) is 53.6 Å². The van der Waals surface area contributed by atoms with Gasteiger partial charge in [-0.3, -0.25) is 19.8 Å². The van der Waals surface area contributed by atoms with Gasteiger partial charge < -0.3 is 25.7 Å². The zero-order valence-corrected chi connectivity index (χ0v) is 21.4. The second-order valence-electron chi connectivity index (χ2n) is 8.23. The average Bonchev–Trinajstić information content (AvgIpc) is 2.87. The van der Waals surface area contributed by atoms with Crippen molar-refractivity contribution in [3.8, 4) is 11.1 Å². The number of hydrogen-bond donors (Lipinski definition) is 5. The third-order valence-corrected chi connectivity index (χ3v) is 5.72. The summed E-state index contributed by atoms with van der Waals surface area (Å²) in [5, 5.41) is 21.3. The van der Waals surface area contributed by atoms with E-state index in [1.54, 1.807) is 36.4 Å². The Morgan fingerprint density at radius 1 is 0.897 bits per heavy atom. The fourth-order valence-corrected chi connectivity index (χ4v) is 3.87. The van der Waals surface area contributed by atoms with E-state index >= 15 is 0 Å². The van der Waals surface area contributed by atoms with E-state index < -0.39 is 33.9 Å². The fourth-order valence-electron chi connectivity index (χ4n) is 3.50. The Balaban J connectivity index is 2.02. The molecular formula is C26H24N4O8S. The number of carbonyl (C=O) groups excluding carboxylic acids is 3. The highest BCUT2D eigenvalue weighted by Crippen LogP contribution is 2.30. The van der Waals surface area contributed by atoms with Crippen LogP contribution in [0.2, 0.25) is 0 Å². The lowest BCUT2D eigenvalue weighted by atomic mass is 9.93. The standard InChI is InChI=1S/C26H24N4O8S/c1-39(36,37)38-26(35)21-14-16(24(33)29-13-12-22(31)32)8-11-19(21)18-4-2-3-5-20(18)25(34)30-17-9-6-15(7-10-17)23(27)28/h2-11,14H,12-13H2,1H3,(H3,27,28)(H,29,33)(H,30,34)(H,31,32). The molecule has 0 aliphatic carbocycles. The monoisotopic (exact) mass is 552 g/mol. The van der Waals surface area contributed by atoms with Crippen LogP contribution in [0, 0.1) is 5.41 Å². The molecule has 2 amide bonds. The molecule has 0 aliphatic heterocycles. The number of nitrogens with one attached hydrogen (secondary N) is 3. The van der Waals surface area contributed by atoms with Crippen LogP contribution in [-0.2, 0) is 19.1 Å². The van der Waals surface area contributed by atoms with Gasteiger partial charge in [-0.2, -0.15) is 8.42 Å². The SMILES string of the molecule is CS(=O)(=O)OC(=O)c1cc(C(=O)NCCC(=O)O)ccc1-c1ccccc1C(=O)Nc1ccc(C(=N)N)cc1. The van der Waals surface area contributed by atoms with Gasteiger partial charge in [-0.25, -0.2) is 4.79 Å². The van der Waals surface area contributed by atoms with Crippen molar-refractivity contribution in [2.75, 3.05) is 18.1 Å². The Kier molecular flexibility index (Phi) is 8.78. The molecule has 0 unspecified atom stereocenters. The third-order valence-electron chi connectivity index (χ3n) is 5.27. The number of amidine groups is 1. The first-order valence-electron chi connectivity index (χ1n) is 11.3. The molecule has 0 atom stereocenters. The summed E-state index contributed by atoms with van der Waals surface area (Å²) in [6.45, 7) is -0.171. The van der Waals surface area contributed by atoms with Gasteiger partial charge in [0.15, 0.2) is 0 Å². The van der Waals surface area contributed by atoms with Crippen LogP contribution < -0.4 is 16.4 Å². The Hall–Kier alpha value is -5.04. The van der Waals surface area contributed by atoms with Crippen molar-refractivity contribution < 1.29 is 36.9 Å². The number of carboxylic acids is 1. The van der Waals surface area contributed by atoms with Crippen molar-refractivity contribution in [3.05, 3.63) is 89.0 Å². The van der Waals surface area contributed by atoms with Crippen LogP contribution in [0.4, 0.5) is 5.69 Å². The summed E-state index contributed by atoms with van der Waals surface area (Å²) in [7, 11) is -4.22. The van der Waals surface area contributed by atoms with Gasteiger partial charge in [0.2, 0.25) is 0 Å². The molecule has 3 aromatic carbocycles. The predicted molar refractivity (Wildman–Crippen MR) is 142 cm³/mol. The second-order valence-corrected chi connectivity index (χ2v) is 9.80. The summed E-state index contributed by atoms with van der Waals surface area (Å²) >= 11 is 0. The van der Waals surface area contributed by atoms with E-state index in [4.69, 9.17) is 16.2 Å². The molecule has 39 heavy (non-hydrogen) atoms. The number of carboxylic acid groups (broad SMARTS) is 1. The molecule has 3 rings (SSSR count). The summed E-state index contributed by atoms with van der Waals surface area (Å²) in [5.41, 5.74) is 6.45. The van der Waals surface area contributed by atoms with Crippen LogP contribution in [0.3, 0.4) is 0 Å². The smallest absolute Gasteiger partial charge is 0.354 e. The molecule has 13 heteroatoms. The number of anilines is 1. The number of benzene rings is 3. The van der Waals surface area contributed by atoms with E-state index in [2.05, 4.69) is 14.8 Å². The number of nitrogens with two attached hydrogens (primary N) is 1. The highest BCUT2D eigenvalue weighted by molar-refractivity contribution is 7.86. The van der Waals surface area contributed by atoms with Crippen molar-refractivity contribution in [2.24, 2.45) is 5.73 Å². The number of nitrogen functional groups attached to an aromatic ring is 1. The average molecular weight is 553 g/mol. The van der Waals surface area contributed by atoms with Crippen LogP contribution >= 0.6 is 0 Å². The van der Waals surface area contributed by atoms with E-state index in [-0.39, 0.29) is 46.6 Å². The Labute approximate surface area is 223 Å². The maximum absolute atomic E-state index is 13.2. The van der Waals surface area contributed by atoms with Crippen LogP contribution in [0.1, 0.15) is 43.1 Å². The molecule has 0 spiro atoms. The highest BCUT2D eigenvalue weighted by atomic mass is 32.2. The minimum absolute atomic E-state index is 0.0583. The number of rotatable bonds is 10. The first kappa shape index (κ1) is 28.5. The van der Waals surface area contributed by atoms with Crippen molar-refractivity contribution in [1.29, 1.82) is 5.41 Å². The van der Waals surface area contributed by atoms with Gasteiger partial charge in [0.25, 0.3) is 11.8 Å². The third kappa shape index (κ3) is 7.72. The van der Waals surface area contributed by atoms with Gasteiger partial charge in [0.1, 0.15) is 5.84 Å². The first-order chi connectivity index (χ1) is 18.4. The molecule has 0 aliphatic rings. The van der Waals surface area contributed by atoms with Gasteiger partial charge in [-0.1, -0.05) is 24.3 Å². The summed E-state index contributed by atoms with van der Waals surface area (Å²) in [6, 6.07) is 16.3. The molecular weight excluding hydrogens is 528 g/mol. The summed E-state index contributed by atoms with van der Waals surface area (Å²) in [5.74, 6) is -3.78. The van der Waals surface area contributed by atoms with E-state index in [9.17, 15) is 27.6 Å². The van der Waals surface area contributed by atoms with Crippen LogP contribution in [0.5, 0.6) is 0 Å². The summed E-state index contributed by atoms with van der Waals surface area (Å²) in [4.78, 5) is 49.3. The van der Waals surface area contributed by atoms with Gasteiger partial charge in [-0.15, -0.1) is 0 Å². The minimum atomic E-state index is -4.22. The molecule has 0 saturated heterocycles. The van der Waals surface area contributed by atoms with Crippen molar-refractivity contribution >= 4 is 45.4 Å². The van der Waals surface area contributed by atoms with Crippen molar-refractivity contribution in [1.82, 2.24) is 5.32 Å². The topological polar surface area (TPSA) is 206 Å². The quantitative estimate of drug-likeness (QED) is 0.142. The molecule has 202 valence electrons. The highest BCUT2D eigenvalue weighted by Gasteiger charge is 2.23. The Bertz CT molecular complexity index is 1570. The Morgan fingerprint density at radius 2 is 1.51 bits per heavy atom. The van der Waals surface area contributed by atoms with E-state index in [1.165, 1.54) is 24.3 Å². The zero-order valence-electron chi connectivity index (χ0n) is 20.6. The number of carbonyl (C=O) groups is 4. The minimum Gasteiger partial charge on any atom is -0.481 e. The maximum atomic E-state index is 13.2. The van der Waals surface area contributed by atoms with E-state index in [0.29, 0.717) is 17.5 Å². The normalized spacial score (nSPS) is 10.8. The van der Waals surface area contributed by atoms with Crippen LogP contribution in [-0.4, -0.2) is 55.9 Å². The summed E-state index contributed by atoms with van der Waals surface area (Å²) < 4.78 is 27.9. The summed E-state index contributed by atoms with van der Waals surface area (Å²) in [6.07, 6.45) is 0.360. The maximum Gasteiger partial charge on any atom is 0.354 e. The number of amides is 2. The lowest BCUT2D eigenvalue weighted by Crippen LogP contribution is -2.26. The van der Waals surface area contributed by atoms with Gasteiger partial charge in [0, 0.05) is 28.9 Å². The Morgan fingerprint density at radius 3 is 2.13 bits per heavy atom. The zero-order chi connectivity index (χ0) is 28.7. The van der Waals surface area contributed by atoms with Crippen LogP contribution in [0.25, 0.3) is 11.1 Å². The molecule has 3 aromatic rings. The molecule has 0 fully saturated rings. The molecule has 6 N–H and O–H groups in total. The molecule has 0 radical (unpaired) electrons. The molecule has 12 nitrogen and oxygen atoms in total. The van der Waals surface area contributed by atoms with Gasteiger partial charge >= 0.3 is 22.1 Å². The van der Waals surface area contributed by atoms with Crippen molar-refractivity contribution in [2.45, 2.75) is 6.42 Å². The predicted octanol–water partition coefficient (Wildman–Crippen LogP) is 2.21. The molecule has 0 aromatic heterocycles.